The van der Waals surface area contributed by atoms with E-state index in [2.05, 4.69) is 5.32 Å². The summed E-state index contributed by atoms with van der Waals surface area (Å²) in [5.74, 6) is -0.508. The largest absolute Gasteiger partial charge is 0.508 e. The van der Waals surface area contributed by atoms with E-state index >= 15 is 0 Å². The summed E-state index contributed by atoms with van der Waals surface area (Å²) in [6.45, 7) is 0. The molecule has 6 heteroatoms. The summed E-state index contributed by atoms with van der Waals surface area (Å²) in [5.41, 5.74) is 0.653. The van der Waals surface area contributed by atoms with Gasteiger partial charge in [-0.3, -0.25) is 4.79 Å². The summed E-state index contributed by atoms with van der Waals surface area (Å²) in [6.07, 6.45) is 0. The quantitative estimate of drug-likeness (QED) is 0.741. The van der Waals surface area contributed by atoms with Gasteiger partial charge in [0.15, 0.2) is 0 Å². The summed E-state index contributed by atoms with van der Waals surface area (Å²) in [5, 5.41) is 21.4. The number of hydrogen-bond donors (Lipinski definition) is 3. The third-order valence-electron chi connectivity index (χ3n) is 2.41. The number of phenols is 2. The van der Waals surface area contributed by atoms with Crippen molar-refractivity contribution in [3.63, 3.8) is 0 Å². The van der Waals surface area contributed by atoms with Crippen LogP contribution in [0.4, 0.5) is 5.69 Å². The van der Waals surface area contributed by atoms with Crippen molar-refractivity contribution in [3.05, 3.63) is 52.0 Å². The van der Waals surface area contributed by atoms with E-state index in [1.807, 2.05) is 0 Å². The number of anilines is 1. The van der Waals surface area contributed by atoms with Crippen LogP contribution in [0.5, 0.6) is 11.5 Å². The smallest absolute Gasteiger partial charge is 0.255 e. The van der Waals surface area contributed by atoms with Gasteiger partial charge in [0.25, 0.3) is 5.91 Å². The zero-order valence-electron chi connectivity index (χ0n) is 9.52. The van der Waals surface area contributed by atoms with E-state index in [9.17, 15) is 15.0 Å². The lowest BCUT2D eigenvalue weighted by Crippen LogP contribution is -2.12. The molecule has 0 aromatic heterocycles. The highest BCUT2D eigenvalue weighted by molar-refractivity contribution is 6.34. The summed E-state index contributed by atoms with van der Waals surface area (Å²) < 4.78 is 0. The minimum absolute atomic E-state index is 0.00989. The van der Waals surface area contributed by atoms with E-state index in [0.717, 1.165) is 0 Å². The highest BCUT2D eigenvalue weighted by Gasteiger charge is 2.10. The van der Waals surface area contributed by atoms with Crippen LogP contribution >= 0.6 is 23.2 Å². The van der Waals surface area contributed by atoms with Gasteiger partial charge in [-0.1, -0.05) is 23.2 Å². The Morgan fingerprint density at radius 1 is 1.00 bits per heavy atom. The molecule has 0 aliphatic rings. The van der Waals surface area contributed by atoms with Crippen LogP contribution in [0.3, 0.4) is 0 Å². The van der Waals surface area contributed by atoms with Crippen LogP contribution in [-0.4, -0.2) is 16.1 Å². The van der Waals surface area contributed by atoms with Gasteiger partial charge < -0.3 is 15.5 Å². The van der Waals surface area contributed by atoms with Gasteiger partial charge in [0.2, 0.25) is 0 Å². The van der Waals surface area contributed by atoms with Crippen LogP contribution < -0.4 is 5.32 Å². The van der Waals surface area contributed by atoms with E-state index in [0.29, 0.717) is 5.69 Å². The first-order chi connectivity index (χ1) is 8.97. The summed E-state index contributed by atoms with van der Waals surface area (Å²) in [6, 6.07) is 8.32. The Hall–Kier alpha value is -1.91. The van der Waals surface area contributed by atoms with Gasteiger partial charge in [0.05, 0.1) is 15.7 Å². The Morgan fingerprint density at radius 2 is 1.74 bits per heavy atom. The normalized spacial score (nSPS) is 10.2. The predicted molar refractivity (Wildman–Crippen MR) is 74.2 cm³/mol. The second-order valence-corrected chi connectivity index (χ2v) is 4.60. The van der Waals surface area contributed by atoms with Crippen molar-refractivity contribution < 1.29 is 15.0 Å². The average Bonchev–Trinajstić information content (AvgIpc) is 2.36. The van der Waals surface area contributed by atoms with Gasteiger partial charge in [-0.15, -0.1) is 0 Å². The number of amides is 1. The Bertz CT molecular complexity index is 644. The molecule has 0 aliphatic carbocycles. The highest BCUT2D eigenvalue weighted by atomic mass is 35.5. The average molecular weight is 298 g/mol. The highest BCUT2D eigenvalue weighted by Crippen LogP contribution is 2.27. The van der Waals surface area contributed by atoms with Gasteiger partial charge in [-0.2, -0.15) is 0 Å². The van der Waals surface area contributed by atoms with Gasteiger partial charge in [-0.25, -0.2) is 0 Å². The van der Waals surface area contributed by atoms with Crippen molar-refractivity contribution in [1.29, 1.82) is 0 Å². The van der Waals surface area contributed by atoms with Crippen molar-refractivity contribution in [3.8, 4) is 11.5 Å². The molecule has 1 amide bonds. The Kier molecular flexibility index (Phi) is 3.83. The lowest BCUT2D eigenvalue weighted by Gasteiger charge is -2.08. The number of hydrogen-bond acceptors (Lipinski definition) is 3. The molecular weight excluding hydrogens is 289 g/mol. The van der Waals surface area contributed by atoms with Crippen molar-refractivity contribution >= 4 is 34.8 Å². The first-order valence-corrected chi connectivity index (χ1v) is 6.01. The summed E-state index contributed by atoms with van der Waals surface area (Å²) >= 11 is 11.6. The molecule has 2 aromatic rings. The van der Waals surface area contributed by atoms with E-state index in [1.165, 1.54) is 36.4 Å². The maximum Gasteiger partial charge on any atom is 0.255 e. The molecule has 98 valence electrons. The lowest BCUT2D eigenvalue weighted by atomic mass is 10.2. The third-order valence-corrected chi connectivity index (χ3v) is 3.03. The van der Waals surface area contributed by atoms with Crippen LogP contribution in [0.15, 0.2) is 36.4 Å². The van der Waals surface area contributed by atoms with Crippen molar-refractivity contribution in [2.45, 2.75) is 0 Å². The molecule has 0 atom stereocenters. The first-order valence-electron chi connectivity index (χ1n) is 5.26. The topological polar surface area (TPSA) is 69.6 Å². The van der Waals surface area contributed by atoms with Crippen LogP contribution in [0.1, 0.15) is 10.4 Å². The molecular formula is C13H9Cl2NO3. The van der Waals surface area contributed by atoms with Crippen LogP contribution in [0, 0.1) is 0 Å². The van der Waals surface area contributed by atoms with Gasteiger partial charge in [0, 0.05) is 11.6 Å². The molecule has 4 nitrogen and oxygen atoms in total. The van der Waals surface area contributed by atoms with Crippen LogP contribution in [0.2, 0.25) is 10.0 Å². The lowest BCUT2D eigenvalue weighted by molar-refractivity contribution is 0.102. The van der Waals surface area contributed by atoms with Crippen LogP contribution in [-0.2, 0) is 0 Å². The second-order valence-electron chi connectivity index (χ2n) is 3.78. The van der Waals surface area contributed by atoms with Crippen molar-refractivity contribution in [2.24, 2.45) is 0 Å². The number of aromatic hydroxyl groups is 2. The molecule has 0 unspecified atom stereocenters. The summed E-state index contributed by atoms with van der Waals surface area (Å²) in [4.78, 5) is 11.9. The number of carbonyl (C=O) groups excluding carboxylic acids is 1. The van der Waals surface area contributed by atoms with Gasteiger partial charge in [0.1, 0.15) is 11.5 Å². The monoisotopic (exact) mass is 297 g/mol. The molecule has 3 N–H and O–H groups in total. The molecule has 0 bridgehead atoms. The fourth-order valence-electron chi connectivity index (χ4n) is 1.45. The van der Waals surface area contributed by atoms with Crippen molar-refractivity contribution in [2.75, 3.05) is 5.32 Å². The van der Waals surface area contributed by atoms with Crippen LogP contribution in [0.25, 0.3) is 0 Å². The molecule has 0 saturated heterocycles. The molecule has 0 saturated carbocycles. The zero-order valence-corrected chi connectivity index (χ0v) is 11.0. The third kappa shape index (κ3) is 3.10. The summed E-state index contributed by atoms with van der Waals surface area (Å²) in [7, 11) is 0. The molecule has 2 rings (SSSR count). The number of phenolic OH excluding ortho intramolecular Hbond substituents is 2. The maximum absolute atomic E-state index is 11.9. The fourth-order valence-corrected chi connectivity index (χ4v) is 1.85. The molecule has 0 spiro atoms. The number of halogens is 2. The molecule has 0 heterocycles. The SMILES string of the molecule is O=C(Nc1ccc(O)cc1Cl)c1ccc(O)c(Cl)c1. The Labute approximate surface area is 119 Å². The minimum Gasteiger partial charge on any atom is -0.508 e. The predicted octanol–water partition coefficient (Wildman–Crippen LogP) is 3.66. The number of benzene rings is 2. The van der Waals surface area contributed by atoms with Gasteiger partial charge >= 0.3 is 0 Å². The zero-order chi connectivity index (χ0) is 14.0. The van der Waals surface area contributed by atoms with E-state index in [-0.39, 0.29) is 27.1 Å². The Morgan fingerprint density at radius 3 is 2.37 bits per heavy atom. The molecule has 0 radical (unpaired) electrons. The van der Waals surface area contributed by atoms with E-state index < -0.39 is 5.91 Å². The molecule has 19 heavy (non-hydrogen) atoms. The first kappa shape index (κ1) is 13.5. The minimum atomic E-state index is -0.422. The standard InChI is InChI=1S/C13H9Cl2NO3/c14-9-6-8(17)2-3-11(9)16-13(19)7-1-4-12(18)10(15)5-7/h1-6,17-18H,(H,16,19). The molecule has 2 aromatic carbocycles. The van der Waals surface area contributed by atoms with Crippen molar-refractivity contribution in [1.82, 2.24) is 0 Å². The van der Waals surface area contributed by atoms with Gasteiger partial charge in [-0.05, 0) is 30.3 Å². The fraction of sp³-hybridized carbons (Fsp3) is 0. The molecule has 0 aliphatic heterocycles. The second kappa shape index (κ2) is 5.38. The number of rotatable bonds is 2. The van der Waals surface area contributed by atoms with E-state index in [4.69, 9.17) is 23.2 Å². The number of nitrogens with one attached hydrogen (secondary N) is 1. The maximum atomic E-state index is 11.9. The Balaban J connectivity index is 2.23. The number of carbonyl (C=O) groups is 1. The van der Waals surface area contributed by atoms with E-state index in [1.54, 1.807) is 0 Å². The molecule has 0 fully saturated rings.